The number of rotatable bonds is 3. The topological polar surface area (TPSA) is 53.6 Å². The third-order valence-corrected chi connectivity index (χ3v) is 4.80. The Bertz CT molecular complexity index is 785. The highest BCUT2D eigenvalue weighted by molar-refractivity contribution is 5.88. The van der Waals surface area contributed by atoms with Crippen molar-refractivity contribution in [2.75, 3.05) is 5.32 Å². The fourth-order valence-corrected chi connectivity index (χ4v) is 3.37. The Balaban J connectivity index is 1.69. The minimum absolute atomic E-state index is 0.517. The van der Waals surface area contributed by atoms with E-state index in [1.54, 1.807) is 0 Å². The van der Waals surface area contributed by atoms with Gasteiger partial charge in [-0.15, -0.1) is 0 Å². The zero-order valence-electron chi connectivity index (χ0n) is 13.4. The van der Waals surface area contributed by atoms with E-state index in [9.17, 15) is 0 Å². The number of nitrogens with zero attached hydrogens (tertiary/aromatic N) is 2. The summed E-state index contributed by atoms with van der Waals surface area (Å²) >= 11 is 0. The average molecular weight is 306 g/mol. The lowest BCUT2D eigenvalue weighted by molar-refractivity contribution is 0.361. The van der Waals surface area contributed by atoms with Gasteiger partial charge in [0.05, 0.1) is 5.39 Å². The van der Waals surface area contributed by atoms with Gasteiger partial charge < -0.3 is 10.3 Å². The number of benzene rings is 1. The SMILES string of the molecule is CC1CCC(Nc2nc(-c3ccccc3)nc3[nH]ccc23)CC1. The van der Waals surface area contributed by atoms with Crippen LogP contribution in [0.2, 0.25) is 0 Å². The lowest BCUT2D eigenvalue weighted by Gasteiger charge is -2.27. The van der Waals surface area contributed by atoms with Gasteiger partial charge in [0.1, 0.15) is 11.5 Å². The number of anilines is 1. The predicted molar refractivity (Wildman–Crippen MR) is 94.4 cm³/mol. The summed E-state index contributed by atoms with van der Waals surface area (Å²) in [5.74, 6) is 2.58. The molecule has 0 spiro atoms. The Morgan fingerprint density at radius 3 is 2.57 bits per heavy atom. The number of aromatic nitrogens is 3. The molecule has 118 valence electrons. The molecule has 1 saturated carbocycles. The van der Waals surface area contributed by atoms with Crippen LogP contribution in [-0.2, 0) is 0 Å². The maximum Gasteiger partial charge on any atom is 0.163 e. The number of H-pyrrole nitrogens is 1. The second-order valence-corrected chi connectivity index (χ2v) is 6.60. The third kappa shape index (κ3) is 2.93. The molecule has 4 rings (SSSR count). The van der Waals surface area contributed by atoms with Gasteiger partial charge in [-0.1, -0.05) is 37.3 Å². The first-order valence-electron chi connectivity index (χ1n) is 8.46. The normalized spacial score (nSPS) is 21.4. The Morgan fingerprint density at radius 1 is 1.00 bits per heavy atom. The number of hydrogen-bond donors (Lipinski definition) is 2. The van der Waals surface area contributed by atoms with Crippen LogP contribution in [0.3, 0.4) is 0 Å². The second-order valence-electron chi connectivity index (χ2n) is 6.60. The van der Waals surface area contributed by atoms with Crippen LogP contribution in [0.25, 0.3) is 22.4 Å². The van der Waals surface area contributed by atoms with Crippen LogP contribution in [0.1, 0.15) is 32.6 Å². The summed E-state index contributed by atoms with van der Waals surface area (Å²) in [6, 6.07) is 12.7. The molecule has 0 bridgehead atoms. The summed E-state index contributed by atoms with van der Waals surface area (Å²) in [4.78, 5) is 12.7. The van der Waals surface area contributed by atoms with Gasteiger partial charge in [0, 0.05) is 17.8 Å². The number of nitrogens with one attached hydrogen (secondary N) is 2. The quantitative estimate of drug-likeness (QED) is 0.742. The first-order chi connectivity index (χ1) is 11.3. The van der Waals surface area contributed by atoms with Gasteiger partial charge in [0.25, 0.3) is 0 Å². The molecule has 3 aromatic rings. The summed E-state index contributed by atoms with van der Waals surface area (Å²) in [7, 11) is 0. The van der Waals surface area contributed by atoms with E-state index in [0.717, 1.165) is 34.2 Å². The first-order valence-corrected chi connectivity index (χ1v) is 8.46. The Hall–Kier alpha value is -2.36. The summed E-state index contributed by atoms with van der Waals surface area (Å²) in [6.07, 6.45) is 6.97. The zero-order chi connectivity index (χ0) is 15.6. The van der Waals surface area contributed by atoms with Crippen molar-refractivity contribution >= 4 is 16.9 Å². The first kappa shape index (κ1) is 14.2. The lowest BCUT2D eigenvalue weighted by atomic mass is 9.87. The van der Waals surface area contributed by atoms with Gasteiger partial charge in [-0.3, -0.25) is 0 Å². The molecule has 1 aromatic carbocycles. The Kier molecular flexibility index (Phi) is 3.74. The molecule has 0 amide bonds. The van der Waals surface area contributed by atoms with E-state index in [0.29, 0.717) is 6.04 Å². The van der Waals surface area contributed by atoms with Gasteiger partial charge in [0.15, 0.2) is 5.82 Å². The highest BCUT2D eigenvalue weighted by Gasteiger charge is 2.20. The van der Waals surface area contributed by atoms with Crippen LogP contribution >= 0.6 is 0 Å². The van der Waals surface area contributed by atoms with E-state index in [2.05, 4.69) is 40.4 Å². The Labute approximate surface area is 136 Å². The monoisotopic (exact) mass is 306 g/mol. The van der Waals surface area contributed by atoms with E-state index < -0.39 is 0 Å². The second kappa shape index (κ2) is 6.03. The maximum absolute atomic E-state index is 4.81. The molecule has 0 atom stereocenters. The van der Waals surface area contributed by atoms with Gasteiger partial charge in [0.2, 0.25) is 0 Å². The van der Waals surface area contributed by atoms with Gasteiger partial charge in [-0.25, -0.2) is 9.97 Å². The van der Waals surface area contributed by atoms with E-state index >= 15 is 0 Å². The summed E-state index contributed by atoms with van der Waals surface area (Å²) in [5.41, 5.74) is 1.94. The van der Waals surface area contributed by atoms with Crippen LogP contribution in [0.5, 0.6) is 0 Å². The minimum Gasteiger partial charge on any atom is -0.367 e. The van der Waals surface area contributed by atoms with Crippen LogP contribution < -0.4 is 5.32 Å². The molecule has 0 radical (unpaired) electrons. The van der Waals surface area contributed by atoms with E-state index in [4.69, 9.17) is 4.98 Å². The fourth-order valence-electron chi connectivity index (χ4n) is 3.37. The molecule has 0 unspecified atom stereocenters. The summed E-state index contributed by atoms with van der Waals surface area (Å²) in [5, 5.41) is 4.74. The maximum atomic E-state index is 4.81. The molecule has 23 heavy (non-hydrogen) atoms. The minimum atomic E-state index is 0.517. The molecular weight excluding hydrogens is 284 g/mol. The molecule has 0 saturated heterocycles. The zero-order valence-corrected chi connectivity index (χ0v) is 13.4. The largest absolute Gasteiger partial charge is 0.367 e. The molecule has 1 aliphatic rings. The highest BCUT2D eigenvalue weighted by atomic mass is 15.1. The average Bonchev–Trinajstić information content (AvgIpc) is 3.06. The highest BCUT2D eigenvalue weighted by Crippen LogP contribution is 2.29. The van der Waals surface area contributed by atoms with Crippen molar-refractivity contribution in [3.63, 3.8) is 0 Å². The van der Waals surface area contributed by atoms with Gasteiger partial charge in [-0.2, -0.15) is 0 Å². The molecule has 1 fully saturated rings. The molecule has 2 heterocycles. The van der Waals surface area contributed by atoms with E-state index in [1.807, 2.05) is 24.4 Å². The Morgan fingerprint density at radius 2 is 1.78 bits per heavy atom. The van der Waals surface area contributed by atoms with Crippen molar-refractivity contribution in [3.8, 4) is 11.4 Å². The molecule has 1 aliphatic carbocycles. The number of fused-ring (bicyclic) bond motifs is 1. The molecule has 0 aliphatic heterocycles. The fraction of sp³-hybridized carbons (Fsp3) is 0.368. The molecular formula is C19H22N4. The summed E-state index contributed by atoms with van der Waals surface area (Å²) in [6.45, 7) is 2.35. The standard InChI is InChI=1S/C19H22N4/c1-13-7-9-15(10-8-13)21-19-16-11-12-20-18(16)22-17(23-19)14-5-3-2-4-6-14/h2-6,11-13,15H,7-10H2,1H3,(H2,20,21,22,23). The predicted octanol–water partition coefficient (Wildman–Crippen LogP) is 4.62. The van der Waals surface area contributed by atoms with Crippen molar-refractivity contribution in [2.45, 2.75) is 38.6 Å². The van der Waals surface area contributed by atoms with Crippen LogP contribution in [0.15, 0.2) is 42.6 Å². The van der Waals surface area contributed by atoms with Crippen molar-refractivity contribution in [2.24, 2.45) is 5.92 Å². The van der Waals surface area contributed by atoms with E-state index in [-0.39, 0.29) is 0 Å². The lowest BCUT2D eigenvalue weighted by Crippen LogP contribution is -2.25. The number of aromatic amines is 1. The van der Waals surface area contributed by atoms with Crippen molar-refractivity contribution in [3.05, 3.63) is 42.6 Å². The molecule has 2 aromatic heterocycles. The van der Waals surface area contributed by atoms with Crippen molar-refractivity contribution in [1.29, 1.82) is 0 Å². The van der Waals surface area contributed by atoms with Gasteiger partial charge in [-0.05, 0) is 37.7 Å². The summed E-state index contributed by atoms with van der Waals surface area (Å²) < 4.78 is 0. The van der Waals surface area contributed by atoms with Crippen LogP contribution in [0.4, 0.5) is 5.82 Å². The third-order valence-electron chi connectivity index (χ3n) is 4.80. The molecule has 2 N–H and O–H groups in total. The van der Waals surface area contributed by atoms with Crippen molar-refractivity contribution in [1.82, 2.24) is 15.0 Å². The van der Waals surface area contributed by atoms with Crippen LogP contribution in [0, 0.1) is 5.92 Å². The van der Waals surface area contributed by atoms with E-state index in [1.165, 1.54) is 25.7 Å². The van der Waals surface area contributed by atoms with Gasteiger partial charge >= 0.3 is 0 Å². The molecule has 4 heteroatoms. The van der Waals surface area contributed by atoms with Crippen LogP contribution in [-0.4, -0.2) is 21.0 Å². The molecule has 4 nitrogen and oxygen atoms in total. The number of hydrogen-bond acceptors (Lipinski definition) is 3. The van der Waals surface area contributed by atoms with Crippen molar-refractivity contribution < 1.29 is 0 Å². The smallest absolute Gasteiger partial charge is 0.163 e.